The maximum atomic E-state index is 13.7. The Hall–Kier alpha value is -1.71. The zero-order chi connectivity index (χ0) is 15.5. The van der Waals surface area contributed by atoms with Gasteiger partial charge in [0.15, 0.2) is 11.6 Å². The molecule has 3 N–H and O–H groups in total. The molecule has 0 atom stereocenters. The fraction of sp³-hybridized carbons (Fsp3) is 0.250. The standard InChI is InChI=1S/C12H14FN3O3S2/c1-19-12-9(13)6-8(7-10(12)14)21(17,18)16-3-2-11-15-4-5-20-11/h4-7,16H,2-3,14H2,1H3. The van der Waals surface area contributed by atoms with Crippen molar-refractivity contribution < 1.29 is 17.5 Å². The second kappa shape index (κ2) is 6.37. The maximum absolute atomic E-state index is 13.7. The van der Waals surface area contributed by atoms with Gasteiger partial charge in [0, 0.05) is 24.5 Å². The van der Waals surface area contributed by atoms with Gasteiger partial charge in [0.25, 0.3) is 0 Å². The Morgan fingerprint density at radius 3 is 2.81 bits per heavy atom. The highest BCUT2D eigenvalue weighted by Gasteiger charge is 2.19. The summed E-state index contributed by atoms with van der Waals surface area (Å²) in [6.45, 7) is 0.170. The number of sulfonamides is 1. The molecule has 2 aromatic rings. The molecule has 0 spiro atoms. The number of hydrogen-bond acceptors (Lipinski definition) is 6. The van der Waals surface area contributed by atoms with Crippen LogP contribution in [0.1, 0.15) is 5.01 Å². The van der Waals surface area contributed by atoms with Crippen molar-refractivity contribution in [2.45, 2.75) is 11.3 Å². The van der Waals surface area contributed by atoms with Gasteiger partial charge in [0.2, 0.25) is 10.0 Å². The molecule has 0 radical (unpaired) electrons. The summed E-state index contributed by atoms with van der Waals surface area (Å²) in [5.74, 6) is -0.991. The number of aromatic nitrogens is 1. The van der Waals surface area contributed by atoms with Crippen LogP contribution in [0.3, 0.4) is 0 Å². The van der Waals surface area contributed by atoms with Gasteiger partial charge in [-0.25, -0.2) is 22.5 Å². The van der Waals surface area contributed by atoms with Crippen LogP contribution in [0.15, 0.2) is 28.6 Å². The number of ether oxygens (including phenoxy) is 1. The molecule has 0 aliphatic rings. The summed E-state index contributed by atoms with van der Waals surface area (Å²) in [6.07, 6.45) is 2.11. The van der Waals surface area contributed by atoms with Crippen molar-refractivity contribution in [2.75, 3.05) is 19.4 Å². The second-order valence-electron chi connectivity index (χ2n) is 4.10. The van der Waals surface area contributed by atoms with E-state index < -0.39 is 15.8 Å². The first-order chi connectivity index (χ1) is 9.94. The van der Waals surface area contributed by atoms with Gasteiger partial charge in [-0.15, -0.1) is 11.3 Å². The van der Waals surface area contributed by atoms with Crippen LogP contribution in [0.25, 0.3) is 0 Å². The fourth-order valence-corrected chi connectivity index (χ4v) is 3.41. The van der Waals surface area contributed by atoms with Crippen LogP contribution in [0, 0.1) is 5.82 Å². The number of anilines is 1. The highest BCUT2D eigenvalue weighted by molar-refractivity contribution is 7.89. The maximum Gasteiger partial charge on any atom is 0.240 e. The first kappa shape index (κ1) is 15.7. The molecule has 114 valence electrons. The lowest BCUT2D eigenvalue weighted by atomic mass is 10.3. The molecule has 0 saturated carbocycles. The molecule has 21 heavy (non-hydrogen) atoms. The number of nitrogens with one attached hydrogen (secondary N) is 1. The second-order valence-corrected chi connectivity index (χ2v) is 6.85. The highest BCUT2D eigenvalue weighted by Crippen LogP contribution is 2.28. The van der Waals surface area contributed by atoms with Crippen molar-refractivity contribution in [2.24, 2.45) is 0 Å². The van der Waals surface area contributed by atoms with Crippen LogP contribution in [0.5, 0.6) is 5.75 Å². The summed E-state index contributed by atoms with van der Waals surface area (Å²) >= 11 is 1.44. The Morgan fingerprint density at radius 2 is 2.24 bits per heavy atom. The minimum atomic E-state index is -3.83. The van der Waals surface area contributed by atoms with Crippen molar-refractivity contribution in [1.82, 2.24) is 9.71 Å². The molecular weight excluding hydrogens is 317 g/mol. The Labute approximate surface area is 125 Å². The first-order valence-corrected chi connectivity index (χ1v) is 8.31. The molecule has 0 fully saturated rings. The van der Waals surface area contributed by atoms with Crippen LogP contribution in [0.4, 0.5) is 10.1 Å². The Balaban J connectivity index is 2.12. The van der Waals surface area contributed by atoms with E-state index in [0.29, 0.717) is 6.42 Å². The van der Waals surface area contributed by atoms with Crippen LogP contribution in [-0.2, 0) is 16.4 Å². The number of nitrogens with two attached hydrogens (primary N) is 1. The number of methoxy groups -OCH3 is 1. The molecule has 2 rings (SSSR count). The monoisotopic (exact) mass is 331 g/mol. The largest absolute Gasteiger partial charge is 0.492 e. The van der Waals surface area contributed by atoms with Crippen molar-refractivity contribution in [3.63, 3.8) is 0 Å². The van der Waals surface area contributed by atoms with E-state index in [-0.39, 0.29) is 22.9 Å². The van der Waals surface area contributed by atoms with E-state index in [1.807, 2.05) is 5.38 Å². The SMILES string of the molecule is COc1c(N)cc(S(=O)(=O)NCCc2nccs2)cc1F. The Bertz CT molecular complexity index is 694. The van der Waals surface area contributed by atoms with Crippen molar-refractivity contribution in [1.29, 1.82) is 0 Å². The number of thiazole rings is 1. The third-order valence-electron chi connectivity index (χ3n) is 2.67. The summed E-state index contributed by atoms with van der Waals surface area (Å²) in [5, 5.41) is 2.63. The van der Waals surface area contributed by atoms with Crippen molar-refractivity contribution in [3.8, 4) is 5.75 Å². The van der Waals surface area contributed by atoms with Crippen LogP contribution < -0.4 is 15.2 Å². The third kappa shape index (κ3) is 3.69. The Kier molecular flexibility index (Phi) is 4.76. The summed E-state index contributed by atoms with van der Waals surface area (Å²) in [4.78, 5) is 3.81. The van der Waals surface area contributed by atoms with E-state index in [9.17, 15) is 12.8 Å². The topological polar surface area (TPSA) is 94.3 Å². The Morgan fingerprint density at radius 1 is 1.48 bits per heavy atom. The van der Waals surface area contributed by atoms with E-state index in [4.69, 9.17) is 10.5 Å². The van der Waals surface area contributed by atoms with E-state index in [0.717, 1.165) is 17.1 Å². The van der Waals surface area contributed by atoms with Crippen molar-refractivity contribution >= 4 is 27.0 Å². The summed E-state index contributed by atoms with van der Waals surface area (Å²) in [7, 11) is -2.57. The fourth-order valence-electron chi connectivity index (χ4n) is 1.71. The number of halogens is 1. The molecule has 0 unspecified atom stereocenters. The average Bonchev–Trinajstić information content (AvgIpc) is 2.91. The van der Waals surface area contributed by atoms with Crippen LogP contribution in [0.2, 0.25) is 0 Å². The number of hydrogen-bond donors (Lipinski definition) is 2. The van der Waals surface area contributed by atoms with Crippen LogP contribution >= 0.6 is 11.3 Å². The first-order valence-electron chi connectivity index (χ1n) is 5.95. The molecule has 0 aliphatic carbocycles. The molecule has 0 aliphatic heterocycles. The van der Waals surface area contributed by atoms with Gasteiger partial charge in [-0.3, -0.25) is 0 Å². The summed E-state index contributed by atoms with van der Waals surface area (Å²) in [6, 6.07) is 2.04. The molecule has 1 heterocycles. The third-order valence-corrected chi connectivity index (χ3v) is 4.95. The minimum absolute atomic E-state index is 0.0715. The number of rotatable bonds is 6. The average molecular weight is 331 g/mol. The predicted molar refractivity (Wildman–Crippen MR) is 78.4 cm³/mol. The van der Waals surface area contributed by atoms with Gasteiger partial charge < -0.3 is 10.5 Å². The van der Waals surface area contributed by atoms with Gasteiger partial charge in [-0.2, -0.15) is 0 Å². The number of nitrogen functional groups attached to an aromatic ring is 1. The van der Waals surface area contributed by atoms with E-state index in [2.05, 4.69) is 9.71 Å². The number of benzene rings is 1. The quantitative estimate of drug-likeness (QED) is 0.780. The molecule has 6 nitrogen and oxygen atoms in total. The van der Waals surface area contributed by atoms with Gasteiger partial charge in [-0.1, -0.05) is 0 Å². The van der Waals surface area contributed by atoms with E-state index in [1.165, 1.54) is 18.4 Å². The molecule has 9 heteroatoms. The van der Waals surface area contributed by atoms with Gasteiger partial charge in [0.1, 0.15) is 0 Å². The van der Waals surface area contributed by atoms with Gasteiger partial charge >= 0.3 is 0 Å². The molecule has 0 bridgehead atoms. The molecule has 0 amide bonds. The van der Waals surface area contributed by atoms with E-state index >= 15 is 0 Å². The molecular formula is C12H14FN3O3S2. The summed E-state index contributed by atoms with van der Waals surface area (Å²) in [5.41, 5.74) is 5.50. The van der Waals surface area contributed by atoms with Gasteiger partial charge in [-0.05, 0) is 12.1 Å². The molecule has 1 aromatic carbocycles. The summed E-state index contributed by atoms with van der Waals surface area (Å²) < 4.78 is 45.0. The normalized spacial score (nSPS) is 11.5. The molecule has 1 aromatic heterocycles. The van der Waals surface area contributed by atoms with Gasteiger partial charge in [0.05, 0.1) is 22.7 Å². The lowest BCUT2D eigenvalue weighted by molar-refractivity contribution is 0.388. The zero-order valence-electron chi connectivity index (χ0n) is 11.2. The predicted octanol–water partition coefficient (Wildman–Crippen LogP) is 1.39. The zero-order valence-corrected chi connectivity index (χ0v) is 12.8. The van der Waals surface area contributed by atoms with E-state index in [1.54, 1.807) is 6.20 Å². The minimum Gasteiger partial charge on any atom is -0.492 e. The molecule has 0 saturated heterocycles. The van der Waals surface area contributed by atoms with Crippen LogP contribution in [-0.4, -0.2) is 27.1 Å². The lowest BCUT2D eigenvalue weighted by Crippen LogP contribution is -2.26. The highest BCUT2D eigenvalue weighted by atomic mass is 32.2. The number of nitrogens with zero attached hydrogens (tertiary/aromatic N) is 1. The lowest BCUT2D eigenvalue weighted by Gasteiger charge is -2.10. The van der Waals surface area contributed by atoms with Crippen molar-refractivity contribution in [3.05, 3.63) is 34.5 Å². The smallest absolute Gasteiger partial charge is 0.240 e.